The Bertz CT molecular complexity index is 2470. The van der Waals surface area contributed by atoms with E-state index in [2.05, 4.69) is 111 Å². The number of hydrogen-bond donors (Lipinski definition) is 3. The van der Waals surface area contributed by atoms with Crippen molar-refractivity contribution >= 4 is 33.3 Å². The molecule has 0 radical (unpaired) electrons. The monoisotopic (exact) mass is 901 g/mol. The summed E-state index contributed by atoms with van der Waals surface area (Å²) in [6, 6.07) is 50.9. The highest BCUT2D eigenvalue weighted by Crippen LogP contribution is 2.40. The van der Waals surface area contributed by atoms with Gasteiger partial charge in [-0.3, -0.25) is 14.4 Å². The van der Waals surface area contributed by atoms with Gasteiger partial charge in [-0.1, -0.05) is 176 Å². The molecule has 63 heavy (non-hydrogen) atoms. The number of benzene rings is 6. The standard InChI is InChI=1S/2C18H17NO.C9H7BrO.C9H11N.2CH4/c2*20-18-11-17(14-7-3-4-8-15(14)18)19-16-10-9-12-5-1-2-6-13(12)16;10-8-5-9(11)7-4-2-1-3-6(7)8;10-9-6-5-7-3-1-2-4-8(7)9;;/h2*1-8,16-17,19H,9-11H2;1-4,8H,5H2;1-4,9H,5-6,10H2;2*1H4/t16-,17+;16-,17-;;9-;;/m00.0../s1. The third-order valence-electron chi connectivity index (χ3n) is 13.3. The van der Waals surface area contributed by atoms with Crippen molar-refractivity contribution in [2.45, 2.75) is 108 Å². The molecule has 6 atom stereocenters. The Hall–Kier alpha value is -5.31. The number of rotatable bonds is 4. The van der Waals surface area contributed by atoms with E-state index in [1.165, 1.54) is 44.5 Å². The van der Waals surface area contributed by atoms with E-state index in [0.29, 0.717) is 37.4 Å². The number of fused-ring (bicyclic) bond motifs is 6. The van der Waals surface area contributed by atoms with Gasteiger partial charge in [-0.25, -0.2) is 0 Å². The predicted molar refractivity (Wildman–Crippen MR) is 260 cm³/mol. The van der Waals surface area contributed by atoms with Gasteiger partial charge in [-0.2, -0.15) is 0 Å². The predicted octanol–water partition coefficient (Wildman–Crippen LogP) is 12.8. The van der Waals surface area contributed by atoms with Crippen LogP contribution in [0.5, 0.6) is 0 Å². The van der Waals surface area contributed by atoms with E-state index in [9.17, 15) is 14.4 Å². The van der Waals surface area contributed by atoms with Gasteiger partial charge in [0, 0.05) is 71.0 Å². The number of nitrogens with one attached hydrogen (secondary N) is 2. The first-order valence-electron chi connectivity index (χ1n) is 21.8. The van der Waals surface area contributed by atoms with Crippen molar-refractivity contribution in [2.75, 3.05) is 0 Å². The van der Waals surface area contributed by atoms with Crippen molar-refractivity contribution in [3.63, 3.8) is 0 Å². The summed E-state index contributed by atoms with van der Waals surface area (Å²) in [6.07, 6.45) is 8.62. The number of halogens is 1. The van der Waals surface area contributed by atoms with E-state index in [1.54, 1.807) is 0 Å². The second-order valence-corrected chi connectivity index (χ2v) is 18.1. The number of carbonyl (C=O) groups excluding carboxylic acids is 3. The minimum Gasteiger partial charge on any atom is -0.324 e. The van der Waals surface area contributed by atoms with Crippen molar-refractivity contribution in [3.05, 3.63) is 212 Å². The maximum atomic E-state index is 12.1. The van der Waals surface area contributed by atoms with Crippen LogP contribution < -0.4 is 16.4 Å². The van der Waals surface area contributed by atoms with Crippen LogP contribution in [0, 0.1) is 0 Å². The lowest BCUT2D eigenvalue weighted by Crippen LogP contribution is -2.23. The normalized spacial score (nSPS) is 22.5. The van der Waals surface area contributed by atoms with Crippen molar-refractivity contribution in [2.24, 2.45) is 5.73 Å². The molecule has 4 N–H and O–H groups in total. The van der Waals surface area contributed by atoms with E-state index < -0.39 is 0 Å². The smallest absolute Gasteiger partial charge is 0.165 e. The van der Waals surface area contributed by atoms with Crippen LogP contribution in [0.1, 0.15) is 170 Å². The lowest BCUT2D eigenvalue weighted by atomic mass is 10.0. The largest absolute Gasteiger partial charge is 0.324 e. The molecule has 324 valence electrons. The van der Waals surface area contributed by atoms with Gasteiger partial charge in [0.25, 0.3) is 0 Å². The minimum absolute atomic E-state index is 0. The average molecular weight is 903 g/mol. The SMILES string of the molecule is C.C.N[C@H]1CCc2ccccc21.O=C1CC(Br)c2ccccc21.O=C1C[C@@H](N[C@H]2CCc3ccccc32)c2ccccc21.O=C1C[C@H](N[C@H]2CCc3ccccc32)c2ccccc21. The van der Waals surface area contributed by atoms with Crippen LogP contribution in [0.25, 0.3) is 0 Å². The summed E-state index contributed by atoms with van der Waals surface area (Å²) in [5.41, 5.74) is 20.5. The molecule has 6 aliphatic rings. The highest BCUT2D eigenvalue weighted by atomic mass is 79.9. The van der Waals surface area contributed by atoms with Crippen molar-refractivity contribution in [1.82, 2.24) is 10.6 Å². The van der Waals surface area contributed by atoms with Gasteiger partial charge in [0.1, 0.15) is 0 Å². The van der Waals surface area contributed by atoms with Crippen molar-refractivity contribution in [1.29, 1.82) is 0 Å². The van der Waals surface area contributed by atoms with Gasteiger partial charge in [0.05, 0.1) is 0 Å². The number of Topliss-reactive ketones (excluding diaryl/α,β-unsaturated/α-hetero) is 3. The Balaban J connectivity index is 0.000000130. The molecule has 0 bridgehead atoms. The summed E-state index contributed by atoms with van der Waals surface area (Å²) < 4.78 is 0. The average Bonchev–Trinajstić information content (AvgIpc) is 4.16. The molecule has 0 saturated carbocycles. The molecule has 12 rings (SSSR count). The molecule has 6 aliphatic carbocycles. The summed E-state index contributed by atoms with van der Waals surface area (Å²) >= 11 is 3.46. The summed E-state index contributed by atoms with van der Waals surface area (Å²) in [4.78, 5) is 35.6. The summed E-state index contributed by atoms with van der Waals surface area (Å²) in [7, 11) is 0. The fourth-order valence-corrected chi connectivity index (χ4v) is 10.9. The van der Waals surface area contributed by atoms with Gasteiger partial charge in [-0.05, 0) is 88.6 Å². The first-order valence-corrected chi connectivity index (χ1v) is 22.8. The number of ketones is 3. The third kappa shape index (κ3) is 9.78. The molecular weight excluding hydrogens is 843 g/mol. The molecule has 0 saturated heterocycles. The van der Waals surface area contributed by atoms with Crippen molar-refractivity contribution in [3.8, 4) is 0 Å². The molecule has 1 unspecified atom stereocenters. The van der Waals surface area contributed by atoms with Crippen LogP contribution >= 0.6 is 15.9 Å². The molecule has 7 heteroatoms. The van der Waals surface area contributed by atoms with E-state index in [0.717, 1.165) is 60.8 Å². The number of carbonyl (C=O) groups is 3. The Morgan fingerprint density at radius 1 is 0.397 bits per heavy atom. The first kappa shape index (κ1) is 45.7. The van der Waals surface area contributed by atoms with E-state index in [1.807, 2.05) is 60.7 Å². The number of aryl methyl sites for hydroxylation is 3. The molecule has 0 aromatic heterocycles. The van der Waals surface area contributed by atoms with E-state index in [4.69, 9.17) is 5.73 Å². The van der Waals surface area contributed by atoms with Crippen LogP contribution in [-0.4, -0.2) is 17.3 Å². The molecule has 0 fully saturated rings. The minimum atomic E-state index is 0. The molecule has 6 nitrogen and oxygen atoms in total. The molecule has 0 aliphatic heterocycles. The maximum absolute atomic E-state index is 12.1. The maximum Gasteiger partial charge on any atom is 0.165 e. The van der Waals surface area contributed by atoms with Crippen LogP contribution in [0.4, 0.5) is 0 Å². The number of nitrogens with two attached hydrogens (primary N) is 1. The van der Waals surface area contributed by atoms with Gasteiger partial charge in [-0.15, -0.1) is 0 Å². The van der Waals surface area contributed by atoms with E-state index in [-0.39, 0.29) is 49.1 Å². The molecular formula is C56H60BrN3O3. The third-order valence-corrected chi connectivity index (χ3v) is 14.1. The molecule has 6 aromatic carbocycles. The zero-order valence-electron chi connectivity index (χ0n) is 34.4. The van der Waals surface area contributed by atoms with Crippen LogP contribution in [0.2, 0.25) is 0 Å². The van der Waals surface area contributed by atoms with Gasteiger partial charge >= 0.3 is 0 Å². The Kier molecular flexibility index (Phi) is 14.8. The zero-order valence-corrected chi connectivity index (χ0v) is 36.0. The molecule has 0 spiro atoms. The summed E-state index contributed by atoms with van der Waals surface area (Å²) in [6.45, 7) is 0. The topological polar surface area (TPSA) is 101 Å². The van der Waals surface area contributed by atoms with Gasteiger partial charge in [0.15, 0.2) is 17.3 Å². The van der Waals surface area contributed by atoms with Crippen LogP contribution in [-0.2, 0) is 19.3 Å². The van der Waals surface area contributed by atoms with Crippen molar-refractivity contribution < 1.29 is 14.4 Å². The van der Waals surface area contributed by atoms with E-state index >= 15 is 0 Å². The lowest BCUT2D eigenvalue weighted by molar-refractivity contribution is 0.0976. The second-order valence-electron chi connectivity index (χ2n) is 17.0. The first-order chi connectivity index (χ1) is 29.8. The Morgan fingerprint density at radius 3 is 1.17 bits per heavy atom. The molecule has 0 heterocycles. The Labute approximate surface area is 382 Å². The Morgan fingerprint density at radius 2 is 0.730 bits per heavy atom. The second kappa shape index (κ2) is 20.5. The number of hydrogen-bond acceptors (Lipinski definition) is 6. The fraction of sp³-hybridized carbons (Fsp3) is 0.304. The highest BCUT2D eigenvalue weighted by molar-refractivity contribution is 9.09. The quantitative estimate of drug-likeness (QED) is 0.152. The highest BCUT2D eigenvalue weighted by Gasteiger charge is 2.34. The summed E-state index contributed by atoms with van der Waals surface area (Å²) in [5, 5.41) is 7.40. The zero-order chi connectivity index (χ0) is 41.9. The molecule has 0 amide bonds. The van der Waals surface area contributed by atoms with Gasteiger partial charge < -0.3 is 16.4 Å². The number of alkyl halides is 1. The molecule has 6 aromatic rings. The van der Waals surface area contributed by atoms with Crippen LogP contribution in [0.15, 0.2) is 146 Å². The van der Waals surface area contributed by atoms with Gasteiger partial charge in [0.2, 0.25) is 0 Å². The van der Waals surface area contributed by atoms with Crippen LogP contribution in [0.3, 0.4) is 0 Å². The lowest BCUT2D eigenvalue weighted by Gasteiger charge is -2.20. The fourth-order valence-electron chi connectivity index (χ4n) is 10.2. The summed E-state index contributed by atoms with van der Waals surface area (Å²) in [5.74, 6) is 0.788.